The van der Waals surface area contributed by atoms with Gasteiger partial charge in [-0.2, -0.15) is 0 Å². The third-order valence-corrected chi connectivity index (χ3v) is 3.58. The van der Waals surface area contributed by atoms with Crippen LogP contribution in [0.5, 0.6) is 0 Å². The first-order chi connectivity index (χ1) is 8.97. The molecule has 1 aromatic rings. The zero-order chi connectivity index (χ0) is 14.0. The van der Waals surface area contributed by atoms with E-state index in [2.05, 4.69) is 10.3 Å². The Labute approximate surface area is 122 Å². The molecule has 1 aromatic carbocycles. The molecule has 19 heavy (non-hydrogen) atoms. The monoisotopic (exact) mass is 316 g/mol. The molecule has 1 aliphatic heterocycles. The predicted octanol–water partition coefficient (Wildman–Crippen LogP) is 2.81. The van der Waals surface area contributed by atoms with E-state index >= 15 is 0 Å². The van der Waals surface area contributed by atoms with Crippen LogP contribution in [-0.2, 0) is 9.59 Å². The molecule has 8 heteroatoms. The quantitative estimate of drug-likeness (QED) is 0.822. The van der Waals surface area contributed by atoms with E-state index in [1.807, 2.05) is 0 Å². The lowest BCUT2D eigenvalue weighted by atomic mass is 10.3. The van der Waals surface area contributed by atoms with E-state index in [0.717, 1.165) is 17.8 Å². The van der Waals surface area contributed by atoms with Gasteiger partial charge < -0.3 is 10.4 Å². The highest BCUT2D eigenvalue weighted by Gasteiger charge is 2.25. The Balaban J connectivity index is 2.32. The average molecular weight is 317 g/mol. The van der Waals surface area contributed by atoms with Crippen molar-refractivity contribution in [3.63, 3.8) is 0 Å². The number of amides is 1. The summed E-state index contributed by atoms with van der Waals surface area (Å²) in [6, 6.07) is 4.90. The molecule has 0 unspecified atom stereocenters. The number of para-hydroxylation sites is 1. The number of benzene rings is 1. The third kappa shape index (κ3) is 3.28. The molecule has 5 nitrogen and oxygen atoms in total. The smallest absolute Gasteiger partial charge is 0.329 e. The van der Waals surface area contributed by atoms with Crippen LogP contribution in [0, 0.1) is 0 Å². The summed E-state index contributed by atoms with van der Waals surface area (Å²) in [4.78, 5) is 26.2. The van der Waals surface area contributed by atoms with Crippen molar-refractivity contribution in [2.24, 2.45) is 4.99 Å². The van der Waals surface area contributed by atoms with Crippen molar-refractivity contribution in [2.75, 3.05) is 0 Å². The van der Waals surface area contributed by atoms with Gasteiger partial charge in [-0.15, -0.1) is 0 Å². The van der Waals surface area contributed by atoms with Crippen molar-refractivity contribution in [2.45, 2.75) is 0 Å². The van der Waals surface area contributed by atoms with Gasteiger partial charge in [-0.1, -0.05) is 29.3 Å². The maximum Gasteiger partial charge on any atom is 0.329 e. The lowest BCUT2D eigenvalue weighted by Crippen LogP contribution is -2.19. The number of hydrogen-bond acceptors (Lipinski definition) is 4. The van der Waals surface area contributed by atoms with Crippen molar-refractivity contribution in [1.29, 1.82) is 0 Å². The van der Waals surface area contributed by atoms with Gasteiger partial charge in [0.15, 0.2) is 5.17 Å². The highest BCUT2D eigenvalue weighted by Crippen LogP contribution is 2.35. The number of thioether (sulfide) groups is 1. The summed E-state index contributed by atoms with van der Waals surface area (Å²) in [5.74, 6) is -1.72. The van der Waals surface area contributed by atoms with Gasteiger partial charge in [0.05, 0.1) is 15.0 Å². The number of amidine groups is 1. The molecule has 2 N–H and O–H groups in total. The maximum absolute atomic E-state index is 11.5. The normalized spacial score (nSPS) is 18.9. The molecular weight excluding hydrogens is 311 g/mol. The van der Waals surface area contributed by atoms with E-state index < -0.39 is 11.9 Å². The van der Waals surface area contributed by atoms with Crippen molar-refractivity contribution < 1.29 is 14.7 Å². The van der Waals surface area contributed by atoms with Crippen LogP contribution in [0.4, 0.5) is 5.69 Å². The van der Waals surface area contributed by atoms with Crippen LogP contribution >= 0.6 is 35.0 Å². The van der Waals surface area contributed by atoms with Gasteiger partial charge in [-0.05, 0) is 23.9 Å². The summed E-state index contributed by atoms with van der Waals surface area (Å²) in [5.41, 5.74) is 0.324. The molecule has 0 atom stereocenters. The maximum atomic E-state index is 11.5. The summed E-state index contributed by atoms with van der Waals surface area (Å²) >= 11 is 12.8. The SMILES string of the molecule is O=C(O)/C=C1\SC(=Nc2c(Cl)cccc2Cl)NC1=O. The van der Waals surface area contributed by atoms with Gasteiger partial charge >= 0.3 is 5.97 Å². The molecule has 0 radical (unpaired) electrons. The Bertz CT molecular complexity index is 608. The number of aliphatic imine (C=N–C) groups is 1. The minimum Gasteiger partial charge on any atom is -0.478 e. The fraction of sp³-hybridized carbons (Fsp3) is 0. The Kier molecular flexibility index (Phi) is 4.14. The van der Waals surface area contributed by atoms with Crippen LogP contribution in [0.25, 0.3) is 0 Å². The Morgan fingerprint density at radius 3 is 2.58 bits per heavy atom. The standard InChI is InChI=1S/C11H6Cl2N2O3S/c12-5-2-1-3-6(13)9(5)14-11-15-10(18)7(19-11)4-8(16)17/h1-4H,(H,16,17)(H,14,15,18)/b7-4-. The zero-order valence-corrected chi connectivity index (χ0v) is 11.5. The first-order valence-electron chi connectivity index (χ1n) is 4.94. The molecule has 1 heterocycles. The van der Waals surface area contributed by atoms with Gasteiger partial charge in [0.1, 0.15) is 5.69 Å². The topological polar surface area (TPSA) is 78.8 Å². The number of halogens is 2. The molecule has 0 spiro atoms. The summed E-state index contributed by atoms with van der Waals surface area (Å²) in [6.07, 6.45) is 0.816. The van der Waals surface area contributed by atoms with Crippen LogP contribution in [-0.4, -0.2) is 22.2 Å². The second-order valence-corrected chi connectivity index (χ2v) is 5.24. The van der Waals surface area contributed by atoms with E-state index in [1.165, 1.54) is 0 Å². The molecule has 0 aliphatic carbocycles. The van der Waals surface area contributed by atoms with Crippen molar-refractivity contribution in [3.05, 3.63) is 39.2 Å². The number of aliphatic carboxylic acids is 1. The molecule has 98 valence electrons. The first kappa shape index (κ1) is 13.9. The summed E-state index contributed by atoms with van der Waals surface area (Å²) < 4.78 is 0. The van der Waals surface area contributed by atoms with Gasteiger partial charge in [0, 0.05) is 6.08 Å². The largest absolute Gasteiger partial charge is 0.478 e. The Morgan fingerprint density at radius 1 is 1.37 bits per heavy atom. The minimum atomic E-state index is -1.20. The summed E-state index contributed by atoms with van der Waals surface area (Å²) in [5, 5.41) is 11.9. The van der Waals surface area contributed by atoms with E-state index in [0.29, 0.717) is 15.7 Å². The number of hydrogen-bond donors (Lipinski definition) is 2. The summed E-state index contributed by atoms with van der Waals surface area (Å²) in [7, 11) is 0. The van der Waals surface area contributed by atoms with Gasteiger partial charge in [0.2, 0.25) is 0 Å². The van der Waals surface area contributed by atoms with E-state index in [9.17, 15) is 9.59 Å². The van der Waals surface area contributed by atoms with Crippen molar-refractivity contribution in [3.8, 4) is 0 Å². The molecule has 1 saturated heterocycles. The third-order valence-electron chi connectivity index (χ3n) is 2.06. The molecule has 1 aliphatic rings. The van der Waals surface area contributed by atoms with Crippen LogP contribution in [0.3, 0.4) is 0 Å². The molecule has 1 amide bonds. The van der Waals surface area contributed by atoms with E-state index in [4.69, 9.17) is 28.3 Å². The molecule has 0 saturated carbocycles. The van der Waals surface area contributed by atoms with Gasteiger partial charge in [-0.25, -0.2) is 9.79 Å². The fourth-order valence-electron chi connectivity index (χ4n) is 1.29. The van der Waals surface area contributed by atoms with Gasteiger partial charge in [0.25, 0.3) is 5.91 Å². The molecule has 2 rings (SSSR count). The number of carbonyl (C=O) groups is 2. The van der Waals surface area contributed by atoms with E-state index in [1.54, 1.807) is 18.2 Å². The predicted molar refractivity (Wildman–Crippen MR) is 75.0 cm³/mol. The average Bonchev–Trinajstić information content (AvgIpc) is 2.64. The molecule has 1 fully saturated rings. The fourth-order valence-corrected chi connectivity index (χ4v) is 2.56. The minimum absolute atomic E-state index is 0.0504. The zero-order valence-electron chi connectivity index (χ0n) is 9.18. The van der Waals surface area contributed by atoms with Gasteiger partial charge in [-0.3, -0.25) is 4.79 Å². The van der Waals surface area contributed by atoms with Crippen LogP contribution < -0.4 is 5.32 Å². The van der Waals surface area contributed by atoms with Crippen LogP contribution in [0.1, 0.15) is 0 Å². The van der Waals surface area contributed by atoms with Crippen molar-refractivity contribution in [1.82, 2.24) is 5.32 Å². The molecule has 0 bridgehead atoms. The van der Waals surface area contributed by atoms with Crippen molar-refractivity contribution >= 4 is 57.7 Å². The van der Waals surface area contributed by atoms with E-state index in [-0.39, 0.29) is 10.1 Å². The first-order valence-corrected chi connectivity index (χ1v) is 6.51. The molecule has 0 aromatic heterocycles. The Morgan fingerprint density at radius 2 is 2.00 bits per heavy atom. The number of carboxylic acids is 1. The highest BCUT2D eigenvalue weighted by molar-refractivity contribution is 8.18. The second-order valence-electron chi connectivity index (χ2n) is 3.39. The van der Waals surface area contributed by atoms with Crippen LogP contribution in [0.15, 0.2) is 34.2 Å². The van der Waals surface area contributed by atoms with Crippen LogP contribution in [0.2, 0.25) is 10.0 Å². The number of nitrogens with zero attached hydrogens (tertiary/aromatic N) is 1. The lowest BCUT2D eigenvalue weighted by Gasteiger charge is -2.01. The second kappa shape index (κ2) is 5.64. The number of carboxylic acid groups (broad SMARTS) is 1. The lowest BCUT2D eigenvalue weighted by molar-refractivity contribution is -0.131. The number of nitrogens with one attached hydrogen (secondary N) is 1. The number of rotatable bonds is 2. The Hall–Kier alpha value is -1.50. The summed E-state index contributed by atoms with van der Waals surface area (Å²) in [6.45, 7) is 0. The number of carbonyl (C=O) groups excluding carboxylic acids is 1. The molecular formula is C11H6Cl2N2O3S. The highest BCUT2D eigenvalue weighted by atomic mass is 35.5.